The summed E-state index contributed by atoms with van der Waals surface area (Å²) in [7, 11) is -2.88. The van der Waals surface area contributed by atoms with Crippen molar-refractivity contribution in [2.75, 3.05) is 17.3 Å². The molecule has 0 aliphatic rings. The molecule has 1 rings (SSSR count). The quantitative estimate of drug-likeness (QED) is 0.391. The summed E-state index contributed by atoms with van der Waals surface area (Å²) >= 11 is 5.15. The molecule has 1 atom stereocenters. The van der Waals surface area contributed by atoms with Gasteiger partial charge in [0.05, 0.1) is 5.75 Å². The third-order valence-electron chi connectivity index (χ3n) is 2.93. The number of sulfone groups is 1. The molecule has 4 nitrogen and oxygen atoms in total. The van der Waals surface area contributed by atoms with Crippen LogP contribution >= 0.6 is 27.7 Å². The molecule has 114 valence electrons. The van der Waals surface area contributed by atoms with Gasteiger partial charge in [0, 0.05) is 26.9 Å². The zero-order valence-electron chi connectivity index (χ0n) is 11.5. The molecule has 0 aliphatic carbocycles. The van der Waals surface area contributed by atoms with Crippen LogP contribution in [0.4, 0.5) is 0 Å². The number of thioether (sulfide) groups is 1. The minimum absolute atomic E-state index is 0.117. The molecule has 0 saturated heterocycles. The maximum absolute atomic E-state index is 11.4. The van der Waals surface area contributed by atoms with Crippen LogP contribution in [0.3, 0.4) is 0 Å². The Bertz CT molecular complexity index is 509. The first kappa shape index (κ1) is 18.0. The van der Waals surface area contributed by atoms with E-state index in [4.69, 9.17) is 5.84 Å². The zero-order valence-corrected chi connectivity index (χ0v) is 14.7. The molecule has 0 aromatic heterocycles. The topological polar surface area (TPSA) is 72.2 Å². The summed E-state index contributed by atoms with van der Waals surface area (Å²) in [5, 5.41) is 0. The molecule has 0 bridgehead atoms. The molecule has 7 heteroatoms. The van der Waals surface area contributed by atoms with Crippen LogP contribution in [0.25, 0.3) is 0 Å². The van der Waals surface area contributed by atoms with Crippen molar-refractivity contribution >= 4 is 37.5 Å². The lowest BCUT2D eigenvalue weighted by Gasteiger charge is -2.15. The summed E-state index contributed by atoms with van der Waals surface area (Å²) < 4.78 is 23.9. The molecule has 1 unspecified atom stereocenters. The van der Waals surface area contributed by atoms with Gasteiger partial charge in [0.15, 0.2) is 0 Å². The highest BCUT2D eigenvalue weighted by atomic mass is 79.9. The maximum Gasteiger partial charge on any atom is 0.150 e. The average Bonchev–Trinajstić information content (AvgIpc) is 2.42. The van der Waals surface area contributed by atoms with Crippen LogP contribution in [-0.4, -0.2) is 31.7 Å². The van der Waals surface area contributed by atoms with Gasteiger partial charge in [-0.1, -0.05) is 28.9 Å². The van der Waals surface area contributed by atoms with Gasteiger partial charge in [-0.25, -0.2) is 8.42 Å². The number of benzene rings is 1. The Hall–Kier alpha value is -0.0800. The second kappa shape index (κ2) is 9.04. The van der Waals surface area contributed by atoms with E-state index < -0.39 is 9.84 Å². The van der Waals surface area contributed by atoms with E-state index in [-0.39, 0.29) is 17.5 Å². The van der Waals surface area contributed by atoms with Crippen molar-refractivity contribution in [2.45, 2.75) is 30.7 Å². The van der Waals surface area contributed by atoms with Crippen LogP contribution < -0.4 is 11.3 Å². The van der Waals surface area contributed by atoms with Crippen LogP contribution in [0.2, 0.25) is 0 Å². The monoisotopic (exact) mass is 380 g/mol. The van der Waals surface area contributed by atoms with Gasteiger partial charge in [0.25, 0.3) is 0 Å². The van der Waals surface area contributed by atoms with Crippen molar-refractivity contribution in [1.82, 2.24) is 5.43 Å². The highest BCUT2D eigenvalue weighted by molar-refractivity contribution is 9.10. The molecule has 0 fully saturated rings. The SMILES string of the molecule is CCS(=O)(=O)CCCC(CSc1cccc(Br)c1)NN. The van der Waals surface area contributed by atoms with Gasteiger partial charge in [-0.05, 0) is 31.0 Å². The molecule has 0 saturated carbocycles. The maximum atomic E-state index is 11.4. The van der Waals surface area contributed by atoms with E-state index in [0.717, 1.165) is 16.6 Å². The number of hydrogen-bond donors (Lipinski definition) is 2. The van der Waals surface area contributed by atoms with E-state index >= 15 is 0 Å². The Morgan fingerprint density at radius 3 is 2.80 bits per heavy atom. The Morgan fingerprint density at radius 1 is 1.45 bits per heavy atom. The number of nitrogens with one attached hydrogen (secondary N) is 1. The number of nitrogens with two attached hydrogens (primary N) is 1. The van der Waals surface area contributed by atoms with E-state index in [9.17, 15) is 8.42 Å². The van der Waals surface area contributed by atoms with Crippen molar-refractivity contribution in [3.8, 4) is 0 Å². The first-order chi connectivity index (χ1) is 9.46. The van der Waals surface area contributed by atoms with Gasteiger partial charge >= 0.3 is 0 Å². The lowest BCUT2D eigenvalue weighted by Crippen LogP contribution is -2.37. The molecule has 1 aromatic rings. The first-order valence-electron chi connectivity index (χ1n) is 6.51. The highest BCUT2D eigenvalue weighted by Gasteiger charge is 2.11. The minimum Gasteiger partial charge on any atom is -0.271 e. The molecule has 0 amide bonds. The molecular weight excluding hydrogens is 360 g/mol. The fourth-order valence-electron chi connectivity index (χ4n) is 1.66. The van der Waals surface area contributed by atoms with Crippen molar-refractivity contribution in [3.63, 3.8) is 0 Å². The summed E-state index contributed by atoms with van der Waals surface area (Å²) in [4.78, 5) is 1.17. The third kappa shape index (κ3) is 7.08. The van der Waals surface area contributed by atoms with Crippen LogP contribution in [0, 0.1) is 0 Å². The van der Waals surface area contributed by atoms with Crippen LogP contribution in [0.5, 0.6) is 0 Å². The van der Waals surface area contributed by atoms with Gasteiger partial charge in [0.2, 0.25) is 0 Å². The highest BCUT2D eigenvalue weighted by Crippen LogP contribution is 2.23. The predicted molar refractivity (Wildman–Crippen MR) is 89.5 cm³/mol. The first-order valence-corrected chi connectivity index (χ1v) is 10.1. The van der Waals surface area contributed by atoms with E-state index in [1.54, 1.807) is 18.7 Å². The van der Waals surface area contributed by atoms with Gasteiger partial charge in [-0.15, -0.1) is 11.8 Å². The Morgan fingerprint density at radius 2 is 2.20 bits per heavy atom. The summed E-state index contributed by atoms with van der Waals surface area (Å²) in [5.41, 5.74) is 2.76. The van der Waals surface area contributed by atoms with Crippen LogP contribution in [0.1, 0.15) is 19.8 Å². The summed E-state index contributed by atoms with van der Waals surface area (Å²) in [6.07, 6.45) is 1.40. The Kier molecular flexibility index (Phi) is 8.13. The van der Waals surface area contributed by atoms with Gasteiger partial charge < -0.3 is 0 Å². The normalized spacial score (nSPS) is 13.3. The minimum atomic E-state index is -2.88. The number of rotatable bonds is 9. The third-order valence-corrected chi connectivity index (χ3v) is 6.37. The smallest absolute Gasteiger partial charge is 0.150 e. The molecule has 0 spiro atoms. The van der Waals surface area contributed by atoms with E-state index in [1.165, 1.54) is 4.90 Å². The fraction of sp³-hybridized carbons (Fsp3) is 0.538. The second-order valence-electron chi connectivity index (χ2n) is 4.51. The summed E-state index contributed by atoms with van der Waals surface area (Å²) in [5.74, 6) is 6.79. The lowest BCUT2D eigenvalue weighted by atomic mass is 10.2. The molecule has 0 radical (unpaired) electrons. The average molecular weight is 381 g/mol. The van der Waals surface area contributed by atoms with Crippen molar-refractivity contribution in [1.29, 1.82) is 0 Å². The summed E-state index contributed by atoms with van der Waals surface area (Å²) in [6, 6.07) is 8.19. The lowest BCUT2D eigenvalue weighted by molar-refractivity contribution is 0.528. The molecule has 0 aliphatic heterocycles. The number of hydrogen-bond acceptors (Lipinski definition) is 5. The van der Waals surface area contributed by atoms with Crippen LogP contribution in [0.15, 0.2) is 33.6 Å². The van der Waals surface area contributed by atoms with Gasteiger partial charge in [-0.3, -0.25) is 11.3 Å². The predicted octanol–water partition coefficient (Wildman–Crippen LogP) is 2.59. The van der Waals surface area contributed by atoms with Gasteiger partial charge in [0.1, 0.15) is 9.84 Å². The van der Waals surface area contributed by atoms with E-state index in [1.807, 2.05) is 18.2 Å². The second-order valence-corrected chi connectivity index (χ2v) is 8.99. The molecular formula is C13H21BrN2O2S2. The molecule has 3 N–H and O–H groups in total. The van der Waals surface area contributed by atoms with Crippen LogP contribution in [-0.2, 0) is 9.84 Å². The standard InChI is InChI=1S/C13H21BrN2O2S2/c1-2-20(17,18)8-4-6-12(16-15)10-19-13-7-3-5-11(14)9-13/h3,5,7,9,12,16H,2,4,6,8,10,15H2,1H3. The Balaban J connectivity index is 2.36. The Labute approximate surface area is 133 Å². The van der Waals surface area contributed by atoms with Crippen molar-refractivity contribution in [3.05, 3.63) is 28.7 Å². The molecule has 20 heavy (non-hydrogen) atoms. The van der Waals surface area contributed by atoms with Crippen molar-refractivity contribution in [2.24, 2.45) is 5.84 Å². The molecule has 0 heterocycles. The van der Waals surface area contributed by atoms with E-state index in [2.05, 4.69) is 27.4 Å². The summed E-state index contributed by atoms with van der Waals surface area (Å²) in [6.45, 7) is 1.68. The fourth-order valence-corrected chi connectivity index (χ4v) is 4.15. The van der Waals surface area contributed by atoms with E-state index in [0.29, 0.717) is 6.42 Å². The largest absolute Gasteiger partial charge is 0.271 e. The zero-order chi connectivity index (χ0) is 15.0. The van der Waals surface area contributed by atoms with Gasteiger partial charge in [-0.2, -0.15) is 0 Å². The molecule has 1 aromatic carbocycles. The number of halogens is 1. The van der Waals surface area contributed by atoms with Crippen molar-refractivity contribution < 1.29 is 8.42 Å². The number of hydrazine groups is 1.